The van der Waals surface area contributed by atoms with Crippen molar-refractivity contribution < 1.29 is 9.53 Å². The summed E-state index contributed by atoms with van der Waals surface area (Å²) in [6.45, 7) is 5.03. The van der Waals surface area contributed by atoms with Gasteiger partial charge < -0.3 is 20.7 Å². The molecule has 3 aromatic rings. The van der Waals surface area contributed by atoms with Crippen LogP contribution in [0.4, 0.5) is 17.1 Å². The van der Waals surface area contributed by atoms with Gasteiger partial charge in [0.2, 0.25) is 0 Å². The molecule has 0 radical (unpaired) electrons. The number of benzene rings is 3. The molecule has 0 bridgehead atoms. The van der Waals surface area contributed by atoms with Crippen LogP contribution < -0.4 is 16.0 Å². The summed E-state index contributed by atoms with van der Waals surface area (Å²) in [6, 6.07) is 18.9. The number of ether oxygens (including phenoxy) is 1. The fraction of sp³-hybridized carbons (Fsp3) is 0.208. The molecule has 6 heteroatoms. The Kier molecular flexibility index (Phi) is 5.93. The van der Waals surface area contributed by atoms with Crippen LogP contribution in [0.3, 0.4) is 0 Å². The predicted molar refractivity (Wildman–Crippen MR) is 123 cm³/mol. The van der Waals surface area contributed by atoms with E-state index < -0.39 is 0 Å². The second-order valence-electron chi connectivity index (χ2n) is 7.37. The predicted octanol–water partition coefficient (Wildman–Crippen LogP) is 4.99. The molecule has 1 heterocycles. The number of anilines is 3. The molecule has 1 amide bonds. The van der Waals surface area contributed by atoms with Gasteiger partial charge >= 0.3 is 0 Å². The number of amides is 1. The molecule has 5 nitrogen and oxygen atoms in total. The first kappa shape index (κ1) is 20.3. The van der Waals surface area contributed by atoms with E-state index in [0.717, 1.165) is 35.5 Å². The van der Waals surface area contributed by atoms with Crippen LogP contribution in [0.1, 0.15) is 15.9 Å². The molecule has 30 heavy (non-hydrogen) atoms. The highest BCUT2D eigenvalue weighted by atomic mass is 35.5. The van der Waals surface area contributed by atoms with Gasteiger partial charge in [-0.3, -0.25) is 4.79 Å². The van der Waals surface area contributed by atoms with Crippen LogP contribution in [0, 0.1) is 6.92 Å². The maximum Gasteiger partial charge on any atom is 0.255 e. The average Bonchev–Trinajstić information content (AvgIpc) is 2.75. The smallest absolute Gasteiger partial charge is 0.255 e. The second-order valence-corrected chi connectivity index (χ2v) is 7.78. The zero-order valence-electron chi connectivity index (χ0n) is 16.8. The number of hydrogen-bond donors (Lipinski definition) is 2. The summed E-state index contributed by atoms with van der Waals surface area (Å²) < 4.78 is 5.39. The molecule has 4 rings (SSSR count). The van der Waals surface area contributed by atoms with Gasteiger partial charge in [-0.05, 0) is 66.1 Å². The van der Waals surface area contributed by atoms with Gasteiger partial charge in [-0.1, -0.05) is 29.8 Å². The van der Waals surface area contributed by atoms with E-state index in [9.17, 15) is 4.79 Å². The second kappa shape index (κ2) is 8.78. The van der Waals surface area contributed by atoms with Crippen molar-refractivity contribution in [1.29, 1.82) is 0 Å². The number of nitrogens with zero attached hydrogens (tertiary/aromatic N) is 1. The lowest BCUT2D eigenvalue weighted by atomic mass is 9.97. The number of nitrogens with two attached hydrogens (primary N) is 1. The molecule has 1 fully saturated rings. The monoisotopic (exact) mass is 421 g/mol. The van der Waals surface area contributed by atoms with Crippen molar-refractivity contribution >= 4 is 34.6 Å². The molecule has 0 spiro atoms. The first-order valence-corrected chi connectivity index (χ1v) is 10.3. The van der Waals surface area contributed by atoms with Gasteiger partial charge in [0, 0.05) is 30.0 Å². The molecule has 3 N–H and O–H groups in total. The van der Waals surface area contributed by atoms with Crippen LogP contribution in [-0.2, 0) is 4.74 Å². The minimum Gasteiger partial charge on any atom is -0.399 e. The van der Waals surface area contributed by atoms with Crippen LogP contribution in [-0.4, -0.2) is 32.2 Å². The molecule has 1 aliphatic heterocycles. The summed E-state index contributed by atoms with van der Waals surface area (Å²) in [5.74, 6) is -0.179. The first-order chi connectivity index (χ1) is 14.5. The Morgan fingerprint density at radius 3 is 2.47 bits per heavy atom. The van der Waals surface area contributed by atoms with Gasteiger partial charge in [-0.2, -0.15) is 0 Å². The number of rotatable bonds is 4. The zero-order chi connectivity index (χ0) is 21.1. The molecule has 0 aliphatic carbocycles. The summed E-state index contributed by atoms with van der Waals surface area (Å²) in [7, 11) is 0. The maximum atomic E-state index is 12.9. The van der Waals surface area contributed by atoms with Gasteiger partial charge in [-0.15, -0.1) is 0 Å². The molecule has 0 atom stereocenters. The van der Waals surface area contributed by atoms with Crippen LogP contribution in [0.2, 0.25) is 5.02 Å². The van der Waals surface area contributed by atoms with Gasteiger partial charge in [-0.25, -0.2) is 0 Å². The molecular formula is C24H24ClN3O2. The van der Waals surface area contributed by atoms with E-state index in [2.05, 4.69) is 10.2 Å². The molecule has 3 aromatic carbocycles. The molecule has 1 aliphatic rings. The van der Waals surface area contributed by atoms with Crippen molar-refractivity contribution in [2.75, 3.05) is 42.3 Å². The Labute approximate surface area is 181 Å². The Morgan fingerprint density at radius 2 is 1.77 bits per heavy atom. The summed E-state index contributed by atoms with van der Waals surface area (Å²) >= 11 is 6.49. The van der Waals surface area contributed by atoms with Crippen molar-refractivity contribution in [3.8, 4) is 11.1 Å². The maximum absolute atomic E-state index is 12.9. The number of hydrogen-bond acceptors (Lipinski definition) is 4. The highest BCUT2D eigenvalue weighted by Crippen LogP contribution is 2.30. The number of nitrogens with one attached hydrogen (secondary N) is 1. The van der Waals surface area contributed by atoms with Crippen LogP contribution >= 0.6 is 11.6 Å². The van der Waals surface area contributed by atoms with E-state index in [0.29, 0.717) is 35.2 Å². The van der Waals surface area contributed by atoms with Crippen molar-refractivity contribution in [2.45, 2.75) is 6.92 Å². The third-order valence-corrected chi connectivity index (χ3v) is 5.58. The van der Waals surface area contributed by atoms with Crippen LogP contribution in [0.5, 0.6) is 0 Å². The Bertz CT molecular complexity index is 1060. The highest BCUT2D eigenvalue weighted by Gasteiger charge is 2.15. The highest BCUT2D eigenvalue weighted by molar-refractivity contribution is 6.33. The van der Waals surface area contributed by atoms with Crippen molar-refractivity contribution in [3.63, 3.8) is 0 Å². The van der Waals surface area contributed by atoms with E-state index in [1.165, 1.54) is 0 Å². The summed E-state index contributed by atoms with van der Waals surface area (Å²) in [5.41, 5.74) is 11.8. The summed E-state index contributed by atoms with van der Waals surface area (Å²) in [6.07, 6.45) is 0. The van der Waals surface area contributed by atoms with E-state index in [1.54, 1.807) is 6.07 Å². The lowest BCUT2D eigenvalue weighted by Gasteiger charge is -2.29. The minimum absolute atomic E-state index is 0.179. The minimum atomic E-state index is -0.179. The number of carbonyl (C=O) groups excluding carboxylic acids is 1. The molecule has 1 saturated heterocycles. The van der Waals surface area contributed by atoms with Gasteiger partial charge in [0.05, 0.1) is 23.9 Å². The summed E-state index contributed by atoms with van der Waals surface area (Å²) in [4.78, 5) is 15.1. The fourth-order valence-corrected chi connectivity index (χ4v) is 3.89. The third kappa shape index (κ3) is 4.42. The lowest BCUT2D eigenvalue weighted by Crippen LogP contribution is -2.36. The molecule has 0 unspecified atom stereocenters. The van der Waals surface area contributed by atoms with Gasteiger partial charge in [0.1, 0.15) is 0 Å². The zero-order valence-corrected chi connectivity index (χ0v) is 17.6. The molecule has 154 valence electrons. The first-order valence-electron chi connectivity index (χ1n) is 9.91. The summed E-state index contributed by atoms with van der Waals surface area (Å²) in [5, 5.41) is 3.56. The lowest BCUT2D eigenvalue weighted by molar-refractivity contribution is 0.102. The Hall–Kier alpha value is -3.02. The largest absolute Gasteiger partial charge is 0.399 e. The number of aryl methyl sites for hydroxylation is 1. The van der Waals surface area contributed by atoms with E-state index in [1.807, 2.05) is 61.5 Å². The Morgan fingerprint density at radius 1 is 1.03 bits per heavy atom. The Balaban J connectivity index is 1.53. The average molecular weight is 422 g/mol. The number of nitrogen functional groups attached to an aromatic ring is 1. The molecular weight excluding hydrogens is 398 g/mol. The van der Waals surface area contributed by atoms with Crippen LogP contribution in [0.25, 0.3) is 11.1 Å². The van der Waals surface area contributed by atoms with Crippen molar-refractivity contribution in [3.05, 3.63) is 76.8 Å². The third-order valence-electron chi connectivity index (χ3n) is 5.28. The van der Waals surface area contributed by atoms with E-state index in [4.69, 9.17) is 22.1 Å². The molecule has 0 saturated carbocycles. The quantitative estimate of drug-likeness (QED) is 0.582. The number of morpholine rings is 1. The number of carbonyl (C=O) groups is 1. The topological polar surface area (TPSA) is 67.6 Å². The van der Waals surface area contributed by atoms with Gasteiger partial charge in [0.15, 0.2) is 0 Å². The van der Waals surface area contributed by atoms with E-state index in [-0.39, 0.29) is 5.91 Å². The number of halogens is 1. The van der Waals surface area contributed by atoms with E-state index >= 15 is 0 Å². The fourth-order valence-electron chi connectivity index (χ4n) is 3.59. The van der Waals surface area contributed by atoms with Crippen molar-refractivity contribution in [2.24, 2.45) is 0 Å². The molecule has 0 aromatic heterocycles. The van der Waals surface area contributed by atoms with Gasteiger partial charge in [0.25, 0.3) is 5.91 Å². The standard InChI is InChI=1S/C24H24ClN3O2/c1-16-2-3-18(14-21(16)17-4-6-19(26)7-5-17)24(29)27-20-8-9-23(22(25)15-20)28-10-12-30-13-11-28/h2-9,14-15H,10-13,26H2,1H3,(H,27,29). The SMILES string of the molecule is Cc1ccc(C(=O)Nc2ccc(N3CCOCC3)c(Cl)c2)cc1-c1ccc(N)cc1. The van der Waals surface area contributed by atoms with Crippen LogP contribution in [0.15, 0.2) is 60.7 Å². The van der Waals surface area contributed by atoms with Crippen molar-refractivity contribution in [1.82, 2.24) is 0 Å². The normalized spacial score (nSPS) is 13.9.